The summed E-state index contributed by atoms with van der Waals surface area (Å²) in [5.74, 6) is -1.36. The molecule has 1 heterocycles. The summed E-state index contributed by atoms with van der Waals surface area (Å²) in [5.41, 5.74) is 0.541. The molecule has 1 saturated heterocycles. The molecule has 0 bridgehead atoms. The lowest BCUT2D eigenvalue weighted by Crippen LogP contribution is -2.58. The van der Waals surface area contributed by atoms with Crippen molar-refractivity contribution >= 4 is 17.7 Å². The third-order valence-corrected chi connectivity index (χ3v) is 7.45. The van der Waals surface area contributed by atoms with Crippen molar-refractivity contribution < 1.29 is 33.7 Å². The zero-order chi connectivity index (χ0) is 21.1. The number of esters is 2. The molecule has 2 fully saturated rings. The summed E-state index contributed by atoms with van der Waals surface area (Å²) in [6.07, 6.45) is 2.01. The molecule has 0 radical (unpaired) electrons. The van der Waals surface area contributed by atoms with Crippen LogP contribution in [-0.2, 0) is 28.6 Å². The van der Waals surface area contributed by atoms with Gasteiger partial charge in [0.25, 0.3) is 0 Å². The van der Waals surface area contributed by atoms with E-state index in [2.05, 4.69) is 6.92 Å². The molecule has 6 unspecified atom stereocenters. The van der Waals surface area contributed by atoms with E-state index in [1.807, 2.05) is 6.92 Å². The minimum absolute atomic E-state index is 0.0596. The number of hydrogen-bond donors (Lipinski definition) is 1. The molecule has 1 aliphatic heterocycles. The molecule has 158 valence electrons. The molecule has 1 saturated carbocycles. The van der Waals surface area contributed by atoms with Crippen molar-refractivity contribution in [3.63, 3.8) is 0 Å². The second-order valence-electron chi connectivity index (χ2n) is 9.18. The molecule has 3 aliphatic carbocycles. The van der Waals surface area contributed by atoms with Crippen LogP contribution in [0.5, 0.6) is 0 Å². The van der Waals surface area contributed by atoms with Crippen LogP contribution in [0.4, 0.5) is 0 Å². The molecule has 7 heteroatoms. The number of carbonyl (C=O) groups is 3. The van der Waals surface area contributed by atoms with Crippen molar-refractivity contribution in [3.05, 3.63) is 22.8 Å². The molecular formula is C22H28O7. The molecule has 7 nitrogen and oxygen atoms in total. The summed E-state index contributed by atoms with van der Waals surface area (Å²) in [6, 6.07) is 0. The molecule has 4 rings (SSSR count). The van der Waals surface area contributed by atoms with E-state index in [4.69, 9.17) is 14.2 Å². The van der Waals surface area contributed by atoms with Crippen LogP contribution >= 0.6 is 0 Å². The number of methoxy groups -OCH3 is 1. The lowest BCUT2D eigenvalue weighted by molar-refractivity contribution is -0.176. The van der Waals surface area contributed by atoms with E-state index in [1.165, 1.54) is 20.1 Å². The fraction of sp³-hybridized carbons (Fsp3) is 0.682. The molecule has 0 aromatic heterocycles. The smallest absolute Gasteiger partial charge is 0.339 e. The Kier molecular flexibility index (Phi) is 4.74. The predicted molar refractivity (Wildman–Crippen MR) is 102 cm³/mol. The Balaban J connectivity index is 1.94. The first-order chi connectivity index (χ1) is 13.6. The first kappa shape index (κ1) is 20.3. The van der Waals surface area contributed by atoms with Crippen LogP contribution in [0.2, 0.25) is 0 Å². The topological polar surface area (TPSA) is 99.1 Å². The normalized spacial score (nSPS) is 41.2. The number of cyclic esters (lactones) is 1. The Bertz CT molecular complexity index is 840. The number of hydrogen-bond acceptors (Lipinski definition) is 7. The monoisotopic (exact) mass is 404 g/mol. The van der Waals surface area contributed by atoms with Gasteiger partial charge in [0.2, 0.25) is 0 Å². The largest absolute Gasteiger partial charge is 0.458 e. The molecule has 4 aliphatic rings. The van der Waals surface area contributed by atoms with Crippen LogP contribution in [-0.4, -0.2) is 54.9 Å². The molecule has 1 N–H and O–H groups in total. The third kappa shape index (κ3) is 2.81. The number of carbonyl (C=O) groups excluding carboxylic acids is 3. The van der Waals surface area contributed by atoms with Gasteiger partial charge in [-0.05, 0) is 54.7 Å². The molecule has 29 heavy (non-hydrogen) atoms. The van der Waals surface area contributed by atoms with Gasteiger partial charge in [0.15, 0.2) is 11.9 Å². The van der Waals surface area contributed by atoms with Crippen LogP contribution in [0.1, 0.15) is 46.5 Å². The van der Waals surface area contributed by atoms with Crippen LogP contribution in [0.3, 0.4) is 0 Å². The predicted octanol–water partition coefficient (Wildman–Crippen LogP) is 1.87. The average molecular weight is 404 g/mol. The lowest BCUT2D eigenvalue weighted by atomic mass is 9.54. The standard InChI is InChI=1S/C22H28O7/c1-11(23)28-15-9-21(2)7-5-6-12(21)17-14(24)8-13-19(25)20(26)29-16(10-27-4)22(13,3)18(15)17/h8,12,15-16,19,25H,5-7,9-10H2,1-4H3. The summed E-state index contributed by atoms with van der Waals surface area (Å²) in [7, 11) is 1.51. The van der Waals surface area contributed by atoms with E-state index in [1.54, 1.807) is 0 Å². The van der Waals surface area contributed by atoms with Gasteiger partial charge in [-0.15, -0.1) is 0 Å². The van der Waals surface area contributed by atoms with E-state index in [0.29, 0.717) is 23.1 Å². The summed E-state index contributed by atoms with van der Waals surface area (Å²) in [4.78, 5) is 37.5. The quantitative estimate of drug-likeness (QED) is 0.717. The zero-order valence-electron chi connectivity index (χ0n) is 17.3. The SMILES string of the molecule is COCC1OC(=O)C(O)C2=CC(=O)C3=C(C(OC(C)=O)CC4(C)CCCC34)C21C. The number of rotatable bonds is 3. The van der Waals surface area contributed by atoms with Gasteiger partial charge < -0.3 is 19.3 Å². The molecule has 0 spiro atoms. The van der Waals surface area contributed by atoms with Crippen molar-refractivity contribution in [3.8, 4) is 0 Å². The first-order valence-corrected chi connectivity index (χ1v) is 10.2. The van der Waals surface area contributed by atoms with E-state index < -0.39 is 35.7 Å². The van der Waals surface area contributed by atoms with E-state index in [-0.39, 0.29) is 23.7 Å². The number of aliphatic hydroxyl groups excluding tert-OH is 1. The highest BCUT2D eigenvalue weighted by Crippen LogP contribution is 2.61. The summed E-state index contributed by atoms with van der Waals surface area (Å²) < 4.78 is 16.6. The Morgan fingerprint density at radius 1 is 1.34 bits per heavy atom. The van der Waals surface area contributed by atoms with Crippen molar-refractivity contribution in [1.82, 2.24) is 0 Å². The average Bonchev–Trinajstić information content (AvgIpc) is 3.02. The van der Waals surface area contributed by atoms with Gasteiger partial charge in [-0.25, -0.2) is 4.79 Å². The molecule has 6 atom stereocenters. The molecule has 0 amide bonds. The van der Waals surface area contributed by atoms with Crippen LogP contribution in [0, 0.1) is 16.7 Å². The maximum Gasteiger partial charge on any atom is 0.339 e. The Labute approximate surface area is 170 Å². The van der Waals surface area contributed by atoms with E-state index in [0.717, 1.165) is 19.3 Å². The fourth-order valence-electron chi connectivity index (χ4n) is 6.12. The number of ether oxygens (including phenoxy) is 3. The number of ketones is 1. The maximum absolute atomic E-state index is 13.3. The highest BCUT2D eigenvalue weighted by Gasteiger charge is 2.61. The Hall–Kier alpha value is -1.99. The Morgan fingerprint density at radius 3 is 2.72 bits per heavy atom. The number of fused-ring (bicyclic) bond motifs is 4. The fourth-order valence-corrected chi connectivity index (χ4v) is 6.12. The van der Waals surface area contributed by atoms with E-state index in [9.17, 15) is 19.5 Å². The van der Waals surface area contributed by atoms with Gasteiger partial charge in [-0.1, -0.05) is 13.3 Å². The van der Waals surface area contributed by atoms with Crippen LogP contribution < -0.4 is 0 Å². The highest BCUT2D eigenvalue weighted by molar-refractivity contribution is 6.08. The molecular weight excluding hydrogens is 376 g/mol. The number of allylic oxidation sites excluding steroid dienone is 2. The van der Waals surface area contributed by atoms with Crippen molar-refractivity contribution in [2.45, 2.75) is 64.8 Å². The van der Waals surface area contributed by atoms with Crippen molar-refractivity contribution in [1.29, 1.82) is 0 Å². The Morgan fingerprint density at radius 2 is 2.07 bits per heavy atom. The third-order valence-electron chi connectivity index (χ3n) is 7.45. The molecule has 0 aromatic carbocycles. The van der Waals surface area contributed by atoms with Crippen LogP contribution in [0.25, 0.3) is 0 Å². The van der Waals surface area contributed by atoms with Gasteiger partial charge in [-0.2, -0.15) is 0 Å². The van der Waals surface area contributed by atoms with Crippen LogP contribution in [0.15, 0.2) is 22.8 Å². The second kappa shape index (κ2) is 6.77. The van der Waals surface area contributed by atoms with Gasteiger partial charge >= 0.3 is 11.9 Å². The highest BCUT2D eigenvalue weighted by atomic mass is 16.6. The minimum atomic E-state index is -1.53. The lowest BCUT2D eigenvalue weighted by Gasteiger charge is -2.53. The van der Waals surface area contributed by atoms with E-state index >= 15 is 0 Å². The summed E-state index contributed by atoms with van der Waals surface area (Å²) in [5, 5.41) is 10.6. The zero-order valence-corrected chi connectivity index (χ0v) is 17.3. The van der Waals surface area contributed by atoms with Crippen molar-refractivity contribution in [2.24, 2.45) is 16.7 Å². The number of aliphatic hydroxyl groups is 1. The second-order valence-corrected chi connectivity index (χ2v) is 9.18. The van der Waals surface area contributed by atoms with Gasteiger partial charge in [0, 0.05) is 19.6 Å². The van der Waals surface area contributed by atoms with Gasteiger partial charge in [0.05, 0.1) is 12.0 Å². The first-order valence-electron chi connectivity index (χ1n) is 10.2. The summed E-state index contributed by atoms with van der Waals surface area (Å²) >= 11 is 0. The minimum Gasteiger partial charge on any atom is -0.458 e. The van der Waals surface area contributed by atoms with Crippen molar-refractivity contribution in [2.75, 3.05) is 13.7 Å². The molecule has 0 aromatic rings. The maximum atomic E-state index is 13.3. The van der Waals surface area contributed by atoms with Gasteiger partial charge in [-0.3, -0.25) is 9.59 Å². The van der Waals surface area contributed by atoms with Gasteiger partial charge in [0.1, 0.15) is 12.2 Å². The summed E-state index contributed by atoms with van der Waals surface area (Å²) in [6.45, 7) is 5.47.